The average Bonchev–Trinajstić information content (AvgIpc) is 2.76. The normalized spacial score (nSPS) is 10.5. The molecule has 0 radical (unpaired) electrons. The Kier molecular flexibility index (Phi) is 2.01. The minimum Gasteiger partial charge on any atom is -0.390 e. The van der Waals surface area contributed by atoms with Gasteiger partial charge in [0.2, 0.25) is 5.89 Å². The van der Waals surface area contributed by atoms with Crippen molar-refractivity contribution in [2.45, 2.75) is 13.2 Å². The van der Waals surface area contributed by atoms with Crippen molar-refractivity contribution >= 4 is 0 Å². The second-order valence-corrected chi connectivity index (χ2v) is 2.40. The van der Waals surface area contributed by atoms with E-state index in [0.717, 1.165) is 0 Å². The SMILES string of the molecule is OCc1cn(Cc2ncno2)nn1. The Bertz CT molecular complexity index is 368. The van der Waals surface area contributed by atoms with E-state index in [1.807, 2.05) is 0 Å². The second-order valence-electron chi connectivity index (χ2n) is 2.40. The molecule has 1 N–H and O–H groups in total. The molecule has 0 saturated heterocycles. The molecule has 0 unspecified atom stereocenters. The van der Waals surface area contributed by atoms with Gasteiger partial charge in [0.05, 0.1) is 12.8 Å². The van der Waals surface area contributed by atoms with Gasteiger partial charge in [-0.15, -0.1) is 5.10 Å². The molecule has 13 heavy (non-hydrogen) atoms. The summed E-state index contributed by atoms with van der Waals surface area (Å²) in [7, 11) is 0. The third-order valence-electron chi connectivity index (χ3n) is 1.45. The lowest BCUT2D eigenvalue weighted by molar-refractivity contribution is 0.276. The van der Waals surface area contributed by atoms with Crippen LogP contribution in [0.25, 0.3) is 0 Å². The van der Waals surface area contributed by atoms with Crippen LogP contribution >= 0.6 is 0 Å². The fourth-order valence-electron chi connectivity index (χ4n) is 0.892. The number of rotatable bonds is 3. The minimum atomic E-state index is -0.121. The summed E-state index contributed by atoms with van der Waals surface area (Å²) in [5.41, 5.74) is 0.513. The van der Waals surface area contributed by atoms with E-state index in [9.17, 15) is 0 Å². The van der Waals surface area contributed by atoms with Crippen LogP contribution in [0, 0.1) is 0 Å². The van der Waals surface area contributed by atoms with Gasteiger partial charge in [0, 0.05) is 0 Å². The molecule has 0 atom stereocenters. The molecule has 2 aromatic rings. The molecule has 7 heteroatoms. The van der Waals surface area contributed by atoms with Gasteiger partial charge < -0.3 is 9.63 Å². The smallest absolute Gasteiger partial charge is 0.248 e. The van der Waals surface area contributed by atoms with Crippen LogP contribution in [0.1, 0.15) is 11.6 Å². The first-order valence-corrected chi connectivity index (χ1v) is 3.64. The van der Waals surface area contributed by atoms with Gasteiger partial charge in [0.1, 0.15) is 12.2 Å². The maximum absolute atomic E-state index is 8.71. The van der Waals surface area contributed by atoms with Gasteiger partial charge in [-0.05, 0) is 0 Å². The van der Waals surface area contributed by atoms with Crippen LogP contribution < -0.4 is 0 Å². The van der Waals surface area contributed by atoms with E-state index in [4.69, 9.17) is 9.63 Å². The largest absolute Gasteiger partial charge is 0.390 e. The zero-order chi connectivity index (χ0) is 9.10. The number of nitrogens with zero attached hydrogens (tertiary/aromatic N) is 5. The molecule has 0 fully saturated rings. The zero-order valence-electron chi connectivity index (χ0n) is 6.66. The summed E-state index contributed by atoms with van der Waals surface area (Å²) >= 11 is 0. The van der Waals surface area contributed by atoms with Crippen LogP contribution in [0.15, 0.2) is 17.0 Å². The van der Waals surface area contributed by atoms with E-state index in [-0.39, 0.29) is 6.61 Å². The van der Waals surface area contributed by atoms with Crippen molar-refractivity contribution in [3.8, 4) is 0 Å². The van der Waals surface area contributed by atoms with Gasteiger partial charge in [0.15, 0.2) is 6.33 Å². The van der Waals surface area contributed by atoms with Crippen LogP contribution in [0.3, 0.4) is 0 Å². The lowest BCUT2D eigenvalue weighted by atomic mass is 10.5. The third-order valence-corrected chi connectivity index (χ3v) is 1.45. The number of hydrogen-bond donors (Lipinski definition) is 1. The summed E-state index contributed by atoms with van der Waals surface area (Å²) in [4.78, 5) is 3.82. The number of aliphatic hydroxyl groups excluding tert-OH is 1. The highest BCUT2D eigenvalue weighted by atomic mass is 16.5. The summed E-state index contributed by atoms with van der Waals surface area (Å²) in [5.74, 6) is 0.453. The Morgan fingerprint density at radius 1 is 1.54 bits per heavy atom. The predicted molar refractivity (Wildman–Crippen MR) is 39.3 cm³/mol. The molecular weight excluding hydrogens is 174 g/mol. The molecule has 0 aliphatic carbocycles. The highest BCUT2D eigenvalue weighted by Gasteiger charge is 2.03. The van der Waals surface area contributed by atoms with E-state index < -0.39 is 0 Å². The Labute approximate surface area is 73.0 Å². The van der Waals surface area contributed by atoms with E-state index in [0.29, 0.717) is 18.1 Å². The molecule has 0 aliphatic heterocycles. The second kappa shape index (κ2) is 3.31. The standard InChI is InChI=1S/C6H7N5O2/c12-3-5-1-11(10-9-5)2-6-7-4-8-13-6/h1,4,12H,2-3H2. The van der Waals surface area contributed by atoms with Crippen molar-refractivity contribution in [3.63, 3.8) is 0 Å². The van der Waals surface area contributed by atoms with Crippen LogP contribution in [0.5, 0.6) is 0 Å². The van der Waals surface area contributed by atoms with Gasteiger partial charge in [-0.1, -0.05) is 10.4 Å². The monoisotopic (exact) mass is 181 g/mol. The fraction of sp³-hybridized carbons (Fsp3) is 0.333. The van der Waals surface area contributed by atoms with Gasteiger partial charge in [-0.25, -0.2) is 4.68 Å². The van der Waals surface area contributed by atoms with Gasteiger partial charge in [-0.3, -0.25) is 0 Å². The maximum atomic E-state index is 8.71. The number of aliphatic hydroxyl groups is 1. The van der Waals surface area contributed by atoms with Crippen molar-refractivity contribution < 1.29 is 9.63 Å². The van der Waals surface area contributed by atoms with Gasteiger partial charge in [-0.2, -0.15) is 4.98 Å². The molecule has 7 nitrogen and oxygen atoms in total. The van der Waals surface area contributed by atoms with Crippen LogP contribution in [-0.4, -0.2) is 30.2 Å². The Balaban J connectivity index is 2.10. The zero-order valence-corrected chi connectivity index (χ0v) is 6.66. The van der Waals surface area contributed by atoms with E-state index in [1.165, 1.54) is 11.0 Å². The summed E-state index contributed by atoms with van der Waals surface area (Å²) in [5, 5.41) is 19.6. The molecule has 68 valence electrons. The molecule has 0 aliphatic rings. The molecule has 2 heterocycles. The quantitative estimate of drug-likeness (QED) is 0.666. The van der Waals surface area contributed by atoms with Crippen molar-refractivity contribution in [3.05, 3.63) is 24.1 Å². The van der Waals surface area contributed by atoms with Crippen molar-refractivity contribution in [1.82, 2.24) is 25.1 Å². The van der Waals surface area contributed by atoms with Crippen molar-refractivity contribution in [1.29, 1.82) is 0 Å². The van der Waals surface area contributed by atoms with E-state index >= 15 is 0 Å². The van der Waals surface area contributed by atoms with Crippen molar-refractivity contribution in [2.24, 2.45) is 0 Å². The molecule has 0 saturated carbocycles. The minimum absolute atomic E-state index is 0.121. The van der Waals surface area contributed by atoms with E-state index in [2.05, 4.69) is 20.5 Å². The molecule has 0 aromatic carbocycles. The summed E-state index contributed by atoms with van der Waals surface area (Å²) in [6, 6.07) is 0. The summed E-state index contributed by atoms with van der Waals surface area (Å²) < 4.78 is 6.28. The number of aromatic nitrogens is 5. The fourth-order valence-corrected chi connectivity index (χ4v) is 0.892. The average molecular weight is 181 g/mol. The molecule has 0 amide bonds. The van der Waals surface area contributed by atoms with Gasteiger partial charge in [0.25, 0.3) is 0 Å². The summed E-state index contributed by atoms with van der Waals surface area (Å²) in [6.45, 7) is 0.247. The molecular formula is C6H7N5O2. The van der Waals surface area contributed by atoms with Crippen LogP contribution in [0.4, 0.5) is 0 Å². The van der Waals surface area contributed by atoms with Crippen molar-refractivity contribution in [2.75, 3.05) is 0 Å². The van der Waals surface area contributed by atoms with Gasteiger partial charge >= 0.3 is 0 Å². The Hall–Kier alpha value is -1.76. The number of hydrogen-bond acceptors (Lipinski definition) is 6. The summed E-state index contributed by atoms with van der Waals surface area (Å²) in [6.07, 6.45) is 2.93. The first-order chi connectivity index (χ1) is 6.38. The third kappa shape index (κ3) is 1.70. The molecule has 0 spiro atoms. The first-order valence-electron chi connectivity index (χ1n) is 3.64. The highest BCUT2D eigenvalue weighted by molar-refractivity contribution is 4.90. The predicted octanol–water partition coefficient (Wildman–Crippen LogP) is -0.798. The maximum Gasteiger partial charge on any atom is 0.248 e. The first kappa shape index (κ1) is 7.87. The molecule has 0 bridgehead atoms. The lowest BCUT2D eigenvalue weighted by Crippen LogP contribution is -2.00. The Morgan fingerprint density at radius 2 is 2.46 bits per heavy atom. The molecule has 2 aromatic heterocycles. The topological polar surface area (TPSA) is 89.9 Å². The van der Waals surface area contributed by atoms with E-state index in [1.54, 1.807) is 6.20 Å². The van der Waals surface area contributed by atoms with Crippen LogP contribution in [0.2, 0.25) is 0 Å². The Morgan fingerprint density at radius 3 is 3.08 bits per heavy atom. The van der Waals surface area contributed by atoms with Crippen LogP contribution in [-0.2, 0) is 13.2 Å². The highest BCUT2D eigenvalue weighted by Crippen LogP contribution is 1.97. The lowest BCUT2D eigenvalue weighted by Gasteiger charge is -1.91. The molecule has 2 rings (SSSR count).